The van der Waals surface area contributed by atoms with Crippen LogP contribution in [0.5, 0.6) is 0 Å². The van der Waals surface area contributed by atoms with Gasteiger partial charge < -0.3 is 15.8 Å². The fourth-order valence-electron chi connectivity index (χ4n) is 1.37. The standard InChI is InChI=1S/C9H15ClN2O2/c1-6(10)5-12-9(13)8-3-2-7(4-11)14-8/h7-8H,1-5,11H2,(H,12,13). The van der Waals surface area contributed by atoms with Gasteiger partial charge in [0.15, 0.2) is 0 Å². The lowest BCUT2D eigenvalue weighted by molar-refractivity contribution is -0.131. The molecule has 0 aromatic rings. The van der Waals surface area contributed by atoms with E-state index in [-0.39, 0.29) is 24.7 Å². The van der Waals surface area contributed by atoms with Crippen molar-refractivity contribution in [2.24, 2.45) is 5.73 Å². The molecule has 80 valence electrons. The van der Waals surface area contributed by atoms with Gasteiger partial charge in [-0.05, 0) is 12.8 Å². The van der Waals surface area contributed by atoms with Crippen molar-refractivity contribution in [1.82, 2.24) is 5.32 Å². The smallest absolute Gasteiger partial charge is 0.249 e. The molecular weight excluding hydrogens is 204 g/mol. The molecule has 0 aromatic heterocycles. The fourth-order valence-corrected chi connectivity index (χ4v) is 1.44. The van der Waals surface area contributed by atoms with E-state index in [4.69, 9.17) is 22.1 Å². The number of halogens is 1. The van der Waals surface area contributed by atoms with Crippen molar-refractivity contribution in [1.29, 1.82) is 0 Å². The Morgan fingerprint density at radius 1 is 1.64 bits per heavy atom. The van der Waals surface area contributed by atoms with Crippen molar-refractivity contribution >= 4 is 17.5 Å². The van der Waals surface area contributed by atoms with Gasteiger partial charge in [0.05, 0.1) is 12.6 Å². The number of amides is 1. The first-order valence-corrected chi connectivity index (χ1v) is 4.97. The largest absolute Gasteiger partial charge is 0.364 e. The van der Waals surface area contributed by atoms with E-state index >= 15 is 0 Å². The van der Waals surface area contributed by atoms with Crippen molar-refractivity contribution in [3.63, 3.8) is 0 Å². The summed E-state index contributed by atoms with van der Waals surface area (Å²) in [6.45, 7) is 4.22. The highest BCUT2D eigenvalue weighted by atomic mass is 35.5. The molecule has 0 aliphatic carbocycles. The molecule has 1 rings (SSSR count). The van der Waals surface area contributed by atoms with Crippen LogP contribution in [0.15, 0.2) is 11.6 Å². The third-order valence-electron chi connectivity index (χ3n) is 2.12. The van der Waals surface area contributed by atoms with Crippen molar-refractivity contribution < 1.29 is 9.53 Å². The van der Waals surface area contributed by atoms with Gasteiger partial charge in [-0.15, -0.1) is 0 Å². The normalized spacial score (nSPS) is 26.1. The highest BCUT2D eigenvalue weighted by Gasteiger charge is 2.29. The fraction of sp³-hybridized carbons (Fsp3) is 0.667. The molecule has 1 saturated heterocycles. The maximum absolute atomic E-state index is 11.4. The Morgan fingerprint density at radius 3 is 2.86 bits per heavy atom. The van der Waals surface area contributed by atoms with Crippen LogP contribution < -0.4 is 11.1 Å². The van der Waals surface area contributed by atoms with Crippen LogP contribution in [0.4, 0.5) is 0 Å². The van der Waals surface area contributed by atoms with Crippen molar-refractivity contribution in [2.75, 3.05) is 13.1 Å². The van der Waals surface area contributed by atoms with Gasteiger partial charge in [0, 0.05) is 11.6 Å². The molecule has 0 radical (unpaired) electrons. The third-order valence-corrected chi connectivity index (χ3v) is 2.25. The van der Waals surface area contributed by atoms with Crippen LogP contribution in [-0.2, 0) is 9.53 Å². The molecule has 0 bridgehead atoms. The summed E-state index contributed by atoms with van der Waals surface area (Å²) < 4.78 is 5.39. The van der Waals surface area contributed by atoms with Crippen LogP contribution in [0.25, 0.3) is 0 Å². The SMILES string of the molecule is C=C(Cl)CNC(=O)C1CCC(CN)O1. The molecule has 2 atom stereocenters. The summed E-state index contributed by atoms with van der Waals surface area (Å²) in [6.07, 6.45) is 1.21. The van der Waals surface area contributed by atoms with Gasteiger partial charge in [0.1, 0.15) is 6.10 Å². The number of ether oxygens (including phenoxy) is 1. The third kappa shape index (κ3) is 3.29. The Bertz CT molecular complexity index is 233. The first-order valence-electron chi connectivity index (χ1n) is 4.60. The van der Waals surface area contributed by atoms with Gasteiger partial charge in [0.25, 0.3) is 0 Å². The second-order valence-corrected chi connectivity index (χ2v) is 3.83. The Kier molecular flexibility index (Phi) is 4.38. The van der Waals surface area contributed by atoms with Crippen molar-refractivity contribution in [3.05, 3.63) is 11.6 Å². The minimum Gasteiger partial charge on any atom is -0.364 e. The molecule has 4 nitrogen and oxygen atoms in total. The Balaban J connectivity index is 2.28. The number of rotatable bonds is 4. The number of hydrogen-bond donors (Lipinski definition) is 2. The zero-order chi connectivity index (χ0) is 10.6. The molecular formula is C9H15ClN2O2. The predicted molar refractivity (Wildman–Crippen MR) is 55.0 cm³/mol. The second-order valence-electron chi connectivity index (χ2n) is 3.29. The summed E-state index contributed by atoms with van der Waals surface area (Å²) in [6, 6.07) is 0. The number of hydrogen-bond acceptors (Lipinski definition) is 3. The van der Waals surface area contributed by atoms with Gasteiger partial charge in [-0.1, -0.05) is 18.2 Å². The number of nitrogens with two attached hydrogens (primary N) is 1. The van der Waals surface area contributed by atoms with E-state index in [0.29, 0.717) is 11.6 Å². The minimum atomic E-state index is -0.375. The molecule has 5 heteroatoms. The van der Waals surface area contributed by atoms with Crippen LogP contribution in [0.3, 0.4) is 0 Å². The highest BCUT2D eigenvalue weighted by molar-refractivity contribution is 6.29. The number of nitrogens with one attached hydrogen (secondary N) is 1. The Hall–Kier alpha value is -0.580. The summed E-state index contributed by atoms with van der Waals surface area (Å²) in [4.78, 5) is 11.4. The van der Waals surface area contributed by atoms with Crippen LogP contribution >= 0.6 is 11.6 Å². The van der Waals surface area contributed by atoms with Gasteiger partial charge in [0.2, 0.25) is 5.91 Å². The molecule has 1 fully saturated rings. The van der Waals surface area contributed by atoms with E-state index in [9.17, 15) is 4.79 Å². The molecule has 3 N–H and O–H groups in total. The highest BCUT2D eigenvalue weighted by Crippen LogP contribution is 2.18. The average molecular weight is 219 g/mol. The summed E-state index contributed by atoms with van der Waals surface area (Å²) in [7, 11) is 0. The zero-order valence-corrected chi connectivity index (χ0v) is 8.72. The molecule has 1 aliphatic rings. The van der Waals surface area contributed by atoms with Gasteiger partial charge in [-0.25, -0.2) is 0 Å². The van der Waals surface area contributed by atoms with Gasteiger partial charge >= 0.3 is 0 Å². The lowest BCUT2D eigenvalue weighted by atomic mass is 10.2. The van der Waals surface area contributed by atoms with Crippen molar-refractivity contribution in [3.8, 4) is 0 Å². The Labute approximate surface area is 88.4 Å². The quantitative estimate of drug-likeness (QED) is 0.716. The maximum Gasteiger partial charge on any atom is 0.249 e. The van der Waals surface area contributed by atoms with E-state index in [1.807, 2.05) is 0 Å². The lowest BCUT2D eigenvalue weighted by Crippen LogP contribution is -2.36. The molecule has 0 aromatic carbocycles. The first kappa shape index (κ1) is 11.5. The van der Waals surface area contributed by atoms with E-state index in [1.165, 1.54) is 0 Å². The maximum atomic E-state index is 11.4. The molecule has 1 aliphatic heterocycles. The Morgan fingerprint density at radius 2 is 2.36 bits per heavy atom. The molecule has 0 spiro atoms. The van der Waals surface area contributed by atoms with E-state index < -0.39 is 0 Å². The summed E-state index contributed by atoms with van der Waals surface area (Å²) in [5, 5.41) is 3.04. The molecule has 14 heavy (non-hydrogen) atoms. The van der Waals surface area contributed by atoms with Crippen LogP contribution in [-0.4, -0.2) is 31.2 Å². The molecule has 1 heterocycles. The predicted octanol–water partition coefficient (Wildman–Crippen LogP) is 0.361. The van der Waals surface area contributed by atoms with Gasteiger partial charge in [-0.2, -0.15) is 0 Å². The lowest BCUT2D eigenvalue weighted by Gasteiger charge is -2.11. The average Bonchev–Trinajstić information content (AvgIpc) is 2.62. The molecule has 2 unspecified atom stereocenters. The molecule has 1 amide bonds. The van der Waals surface area contributed by atoms with Gasteiger partial charge in [-0.3, -0.25) is 4.79 Å². The van der Waals surface area contributed by atoms with Crippen LogP contribution in [0.2, 0.25) is 0 Å². The monoisotopic (exact) mass is 218 g/mol. The number of carbonyl (C=O) groups excluding carboxylic acids is 1. The summed E-state index contributed by atoms with van der Waals surface area (Å²) in [5.41, 5.74) is 5.43. The van der Waals surface area contributed by atoms with E-state index in [0.717, 1.165) is 12.8 Å². The minimum absolute atomic E-state index is 0.0185. The van der Waals surface area contributed by atoms with Crippen LogP contribution in [0, 0.1) is 0 Å². The molecule has 0 saturated carbocycles. The topological polar surface area (TPSA) is 64.4 Å². The van der Waals surface area contributed by atoms with E-state index in [2.05, 4.69) is 11.9 Å². The zero-order valence-electron chi connectivity index (χ0n) is 7.96. The number of carbonyl (C=O) groups is 1. The summed E-state index contributed by atoms with van der Waals surface area (Å²) >= 11 is 5.51. The first-order chi connectivity index (χ1) is 6.63. The van der Waals surface area contributed by atoms with E-state index in [1.54, 1.807) is 0 Å². The van der Waals surface area contributed by atoms with Crippen LogP contribution in [0.1, 0.15) is 12.8 Å². The second kappa shape index (κ2) is 5.34. The van der Waals surface area contributed by atoms with Crippen molar-refractivity contribution in [2.45, 2.75) is 25.0 Å². The summed E-state index contributed by atoms with van der Waals surface area (Å²) in [5.74, 6) is -0.136.